The second-order valence-electron chi connectivity index (χ2n) is 4.48. The van der Waals surface area contributed by atoms with Crippen molar-refractivity contribution in [1.82, 2.24) is 10.2 Å². The monoisotopic (exact) mass is 208 g/mol. The molecule has 2 nitrogen and oxygen atoms in total. The summed E-state index contributed by atoms with van der Waals surface area (Å²) in [6.07, 6.45) is 10.6. The van der Waals surface area contributed by atoms with Crippen LogP contribution < -0.4 is 5.32 Å². The van der Waals surface area contributed by atoms with Gasteiger partial charge in [-0.2, -0.15) is 0 Å². The average molecular weight is 208 g/mol. The predicted octanol–water partition coefficient (Wildman–Crippen LogP) is 1.86. The van der Waals surface area contributed by atoms with Gasteiger partial charge in [-0.1, -0.05) is 19.3 Å². The van der Waals surface area contributed by atoms with Crippen molar-refractivity contribution in [1.29, 1.82) is 0 Å². The molecule has 0 bridgehead atoms. The van der Waals surface area contributed by atoms with Crippen molar-refractivity contribution in [2.24, 2.45) is 0 Å². The smallest absolute Gasteiger partial charge is 0.0574 e. The second kappa shape index (κ2) is 6.87. The van der Waals surface area contributed by atoms with Gasteiger partial charge in [-0.3, -0.25) is 4.90 Å². The quantitative estimate of drug-likeness (QED) is 0.548. The third-order valence-electron chi connectivity index (χ3n) is 3.38. The van der Waals surface area contributed by atoms with E-state index in [1.807, 2.05) is 0 Å². The molecule has 0 amide bonds. The van der Waals surface area contributed by atoms with E-state index in [4.69, 9.17) is 6.42 Å². The molecule has 1 fully saturated rings. The number of nitrogens with zero attached hydrogens (tertiary/aromatic N) is 1. The fourth-order valence-electron chi connectivity index (χ4n) is 2.51. The van der Waals surface area contributed by atoms with Crippen LogP contribution in [0.2, 0.25) is 0 Å². The molecule has 1 N–H and O–H groups in total. The van der Waals surface area contributed by atoms with Gasteiger partial charge in [0.1, 0.15) is 0 Å². The molecule has 1 aliphatic heterocycles. The van der Waals surface area contributed by atoms with E-state index in [9.17, 15) is 0 Å². The minimum absolute atomic E-state index is 0.614. The summed E-state index contributed by atoms with van der Waals surface area (Å²) < 4.78 is 0. The minimum atomic E-state index is 0.614. The Morgan fingerprint density at radius 2 is 2.33 bits per heavy atom. The highest BCUT2D eigenvalue weighted by Gasteiger charge is 2.24. The molecule has 1 heterocycles. The van der Waals surface area contributed by atoms with Gasteiger partial charge < -0.3 is 5.32 Å². The molecule has 2 heteroatoms. The van der Waals surface area contributed by atoms with Gasteiger partial charge in [-0.15, -0.1) is 6.42 Å². The predicted molar refractivity (Wildman–Crippen MR) is 65.8 cm³/mol. The summed E-state index contributed by atoms with van der Waals surface area (Å²) in [6, 6.07) is 1.41. The summed E-state index contributed by atoms with van der Waals surface area (Å²) >= 11 is 0. The third kappa shape index (κ3) is 3.85. The molecule has 2 unspecified atom stereocenters. The number of piperidine rings is 1. The molecule has 0 spiro atoms. The second-order valence-corrected chi connectivity index (χ2v) is 4.48. The minimum Gasteiger partial charge on any atom is -0.305 e. The molecule has 86 valence electrons. The molecule has 0 radical (unpaired) electrons. The molecule has 0 aromatic carbocycles. The number of terminal acetylenes is 1. The van der Waals surface area contributed by atoms with Gasteiger partial charge in [0.25, 0.3) is 0 Å². The fraction of sp³-hybridized carbons (Fsp3) is 0.846. The number of rotatable bonds is 5. The van der Waals surface area contributed by atoms with Gasteiger partial charge in [-0.05, 0) is 32.7 Å². The highest BCUT2D eigenvalue weighted by Crippen LogP contribution is 2.21. The van der Waals surface area contributed by atoms with Crippen LogP contribution in [0.4, 0.5) is 0 Å². The van der Waals surface area contributed by atoms with Gasteiger partial charge in [0.15, 0.2) is 0 Å². The van der Waals surface area contributed by atoms with Crippen molar-refractivity contribution in [3.8, 4) is 12.3 Å². The largest absolute Gasteiger partial charge is 0.305 e. The van der Waals surface area contributed by atoms with Crippen molar-refractivity contribution in [2.75, 3.05) is 19.6 Å². The van der Waals surface area contributed by atoms with E-state index in [0.29, 0.717) is 12.6 Å². The van der Waals surface area contributed by atoms with E-state index >= 15 is 0 Å². The van der Waals surface area contributed by atoms with Crippen LogP contribution >= 0.6 is 0 Å². The Kier molecular flexibility index (Phi) is 5.75. The molecular formula is C13H24N2. The van der Waals surface area contributed by atoms with Crippen molar-refractivity contribution < 1.29 is 0 Å². The first-order valence-electron chi connectivity index (χ1n) is 6.19. The first kappa shape index (κ1) is 12.5. The van der Waals surface area contributed by atoms with Crippen LogP contribution in [0, 0.1) is 12.3 Å². The van der Waals surface area contributed by atoms with E-state index in [1.54, 1.807) is 0 Å². The zero-order valence-corrected chi connectivity index (χ0v) is 10.1. The van der Waals surface area contributed by atoms with Crippen LogP contribution in [0.5, 0.6) is 0 Å². The van der Waals surface area contributed by atoms with Crippen molar-refractivity contribution in [2.45, 2.75) is 51.6 Å². The van der Waals surface area contributed by atoms with Crippen molar-refractivity contribution >= 4 is 0 Å². The summed E-state index contributed by atoms with van der Waals surface area (Å²) in [4.78, 5) is 2.65. The van der Waals surface area contributed by atoms with Gasteiger partial charge >= 0.3 is 0 Å². The maximum absolute atomic E-state index is 5.22. The highest BCUT2D eigenvalue weighted by atomic mass is 15.2. The maximum atomic E-state index is 5.22. The Hall–Kier alpha value is -0.520. The number of hydrogen-bond donors (Lipinski definition) is 1. The SMILES string of the molecule is C#CCNCC(C)N1CCCCC1CC. The average Bonchev–Trinajstić information content (AvgIpc) is 2.29. The zero-order valence-electron chi connectivity index (χ0n) is 10.1. The van der Waals surface area contributed by atoms with Crippen LogP contribution in [-0.2, 0) is 0 Å². The topological polar surface area (TPSA) is 15.3 Å². The molecule has 0 aliphatic carbocycles. The van der Waals surface area contributed by atoms with E-state index < -0.39 is 0 Å². The summed E-state index contributed by atoms with van der Waals surface area (Å²) in [6.45, 7) is 7.56. The Morgan fingerprint density at radius 3 is 3.00 bits per heavy atom. The third-order valence-corrected chi connectivity index (χ3v) is 3.38. The number of likely N-dealkylation sites (tertiary alicyclic amines) is 1. The maximum Gasteiger partial charge on any atom is 0.0574 e. The Labute approximate surface area is 94.4 Å². The Bertz CT molecular complexity index is 207. The first-order chi connectivity index (χ1) is 7.29. The van der Waals surface area contributed by atoms with Gasteiger partial charge in [-0.25, -0.2) is 0 Å². The van der Waals surface area contributed by atoms with E-state index in [1.165, 1.54) is 32.2 Å². The highest BCUT2D eigenvalue weighted by molar-refractivity contribution is 4.88. The van der Waals surface area contributed by atoms with Gasteiger partial charge in [0.05, 0.1) is 6.54 Å². The summed E-state index contributed by atoms with van der Waals surface area (Å²) in [5, 5.41) is 3.30. The molecular weight excluding hydrogens is 184 g/mol. The lowest BCUT2D eigenvalue weighted by Crippen LogP contribution is -2.48. The number of nitrogens with one attached hydrogen (secondary N) is 1. The van der Waals surface area contributed by atoms with Crippen LogP contribution in [0.1, 0.15) is 39.5 Å². The lowest BCUT2D eigenvalue weighted by atomic mass is 9.98. The van der Waals surface area contributed by atoms with Crippen molar-refractivity contribution in [3.63, 3.8) is 0 Å². The van der Waals surface area contributed by atoms with E-state index in [-0.39, 0.29) is 0 Å². The van der Waals surface area contributed by atoms with Gasteiger partial charge in [0, 0.05) is 18.6 Å². The first-order valence-corrected chi connectivity index (χ1v) is 6.19. The molecule has 0 saturated carbocycles. The lowest BCUT2D eigenvalue weighted by molar-refractivity contribution is 0.0999. The Balaban J connectivity index is 2.34. The van der Waals surface area contributed by atoms with E-state index in [0.717, 1.165) is 12.6 Å². The normalized spacial score (nSPS) is 24.7. The standard InChI is InChI=1S/C13H24N2/c1-4-9-14-11-12(3)15-10-7-6-8-13(15)5-2/h1,12-14H,5-11H2,2-3H3. The molecule has 1 aliphatic rings. The fourth-order valence-corrected chi connectivity index (χ4v) is 2.51. The molecule has 1 rings (SSSR count). The van der Waals surface area contributed by atoms with E-state index in [2.05, 4.69) is 30.0 Å². The molecule has 15 heavy (non-hydrogen) atoms. The zero-order chi connectivity index (χ0) is 11.1. The molecule has 2 atom stereocenters. The summed E-state index contributed by atoms with van der Waals surface area (Å²) in [7, 11) is 0. The molecule has 0 aromatic heterocycles. The van der Waals surface area contributed by atoms with Crippen molar-refractivity contribution in [3.05, 3.63) is 0 Å². The Morgan fingerprint density at radius 1 is 1.53 bits per heavy atom. The van der Waals surface area contributed by atoms with Crippen LogP contribution in [0.15, 0.2) is 0 Å². The number of hydrogen-bond acceptors (Lipinski definition) is 2. The van der Waals surface area contributed by atoms with Crippen LogP contribution in [0.25, 0.3) is 0 Å². The molecule has 1 saturated heterocycles. The van der Waals surface area contributed by atoms with Crippen LogP contribution in [-0.4, -0.2) is 36.6 Å². The van der Waals surface area contributed by atoms with Crippen LogP contribution in [0.3, 0.4) is 0 Å². The van der Waals surface area contributed by atoms with Gasteiger partial charge in [0.2, 0.25) is 0 Å². The summed E-state index contributed by atoms with van der Waals surface area (Å²) in [5.41, 5.74) is 0. The lowest BCUT2D eigenvalue weighted by Gasteiger charge is -2.39. The molecule has 0 aromatic rings. The summed E-state index contributed by atoms with van der Waals surface area (Å²) in [5.74, 6) is 2.62.